The molecule has 1 aromatic heterocycles. The molecule has 1 aromatic carbocycles. The summed E-state index contributed by atoms with van der Waals surface area (Å²) in [6.45, 7) is 1.59. The SMILES string of the molecule is CC(=O)n1cc([C@@H](N)C2CCC2)c2ccccc21. The second kappa shape index (κ2) is 4.25. The van der Waals surface area contributed by atoms with Gasteiger partial charge in [-0.05, 0) is 30.4 Å². The molecule has 3 heteroatoms. The Labute approximate surface area is 107 Å². The number of carbonyl (C=O) groups is 1. The Morgan fingerprint density at radius 3 is 2.72 bits per heavy atom. The van der Waals surface area contributed by atoms with Crippen molar-refractivity contribution in [1.82, 2.24) is 4.57 Å². The minimum absolute atomic E-state index is 0.0401. The Morgan fingerprint density at radius 1 is 1.39 bits per heavy atom. The van der Waals surface area contributed by atoms with Crippen LogP contribution in [0, 0.1) is 5.92 Å². The lowest BCUT2D eigenvalue weighted by Gasteiger charge is -2.31. The molecule has 94 valence electrons. The fraction of sp³-hybridized carbons (Fsp3) is 0.400. The zero-order valence-corrected chi connectivity index (χ0v) is 10.6. The number of aromatic nitrogens is 1. The van der Waals surface area contributed by atoms with E-state index >= 15 is 0 Å². The maximum atomic E-state index is 11.7. The van der Waals surface area contributed by atoms with Crippen LogP contribution >= 0.6 is 0 Å². The number of hydrogen-bond acceptors (Lipinski definition) is 2. The standard InChI is InChI=1S/C15H18N2O/c1-10(18)17-9-13(15(16)11-5-4-6-11)12-7-2-3-8-14(12)17/h2-3,7-9,11,15H,4-6,16H2,1H3/t15-/m0/s1. The van der Waals surface area contributed by atoms with Crippen LogP contribution in [0.4, 0.5) is 0 Å². The van der Waals surface area contributed by atoms with E-state index in [-0.39, 0.29) is 11.9 Å². The molecular formula is C15H18N2O. The lowest BCUT2D eigenvalue weighted by molar-refractivity contribution is 0.0941. The molecule has 0 amide bonds. The molecule has 1 fully saturated rings. The van der Waals surface area contributed by atoms with E-state index in [4.69, 9.17) is 5.73 Å². The number of nitrogens with zero attached hydrogens (tertiary/aromatic N) is 1. The minimum atomic E-state index is 0.0401. The van der Waals surface area contributed by atoms with Gasteiger partial charge in [0.15, 0.2) is 0 Å². The van der Waals surface area contributed by atoms with Crippen molar-refractivity contribution in [3.05, 3.63) is 36.0 Å². The van der Waals surface area contributed by atoms with Crippen molar-refractivity contribution in [2.75, 3.05) is 0 Å². The third-order valence-electron chi connectivity index (χ3n) is 4.10. The summed E-state index contributed by atoms with van der Waals surface area (Å²) in [4.78, 5) is 11.7. The monoisotopic (exact) mass is 242 g/mol. The van der Waals surface area contributed by atoms with Crippen molar-refractivity contribution < 1.29 is 4.79 Å². The molecule has 1 saturated carbocycles. The van der Waals surface area contributed by atoms with Crippen LogP contribution < -0.4 is 5.73 Å². The van der Waals surface area contributed by atoms with Crippen LogP contribution in [0.15, 0.2) is 30.5 Å². The highest BCUT2D eigenvalue weighted by atomic mass is 16.1. The van der Waals surface area contributed by atoms with Gasteiger partial charge >= 0.3 is 0 Å². The first-order valence-corrected chi connectivity index (χ1v) is 6.55. The van der Waals surface area contributed by atoms with Crippen LogP contribution in [-0.2, 0) is 0 Å². The molecule has 0 aliphatic heterocycles. The molecular weight excluding hydrogens is 224 g/mol. The Hall–Kier alpha value is -1.61. The number of nitrogens with two attached hydrogens (primary N) is 1. The molecule has 0 unspecified atom stereocenters. The molecule has 1 aliphatic rings. The molecule has 0 radical (unpaired) electrons. The van der Waals surface area contributed by atoms with Gasteiger partial charge < -0.3 is 5.73 Å². The number of hydrogen-bond donors (Lipinski definition) is 1. The van der Waals surface area contributed by atoms with Gasteiger partial charge in [0.25, 0.3) is 0 Å². The Bertz CT molecular complexity index is 596. The topological polar surface area (TPSA) is 48.0 Å². The summed E-state index contributed by atoms with van der Waals surface area (Å²) >= 11 is 0. The first-order valence-electron chi connectivity index (χ1n) is 6.55. The van der Waals surface area contributed by atoms with Crippen LogP contribution in [0.3, 0.4) is 0 Å². The average molecular weight is 242 g/mol. The first kappa shape index (κ1) is 11.5. The van der Waals surface area contributed by atoms with Gasteiger partial charge in [-0.3, -0.25) is 9.36 Å². The molecule has 0 spiro atoms. The van der Waals surface area contributed by atoms with Crippen LogP contribution in [0.1, 0.15) is 42.6 Å². The molecule has 3 rings (SSSR count). The molecule has 18 heavy (non-hydrogen) atoms. The van der Waals surface area contributed by atoms with E-state index in [1.54, 1.807) is 11.5 Å². The highest BCUT2D eigenvalue weighted by Gasteiger charge is 2.28. The molecule has 0 saturated heterocycles. The summed E-state index contributed by atoms with van der Waals surface area (Å²) in [7, 11) is 0. The fourth-order valence-electron chi connectivity index (χ4n) is 2.79. The van der Waals surface area contributed by atoms with Crippen molar-refractivity contribution in [3.8, 4) is 0 Å². The van der Waals surface area contributed by atoms with Crippen molar-refractivity contribution in [1.29, 1.82) is 0 Å². The van der Waals surface area contributed by atoms with E-state index < -0.39 is 0 Å². The smallest absolute Gasteiger partial charge is 0.227 e. The van der Waals surface area contributed by atoms with E-state index in [0.29, 0.717) is 5.92 Å². The van der Waals surface area contributed by atoms with E-state index in [1.165, 1.54) is 19.3 Å². The van der Waals surface area contributed by atoms with Crippen molar-refractivity contribution in [3.63, 3.8) is 0 Å². The Kier molecular flexibility index (Phi) is 2.71. The summed E-state index contributed by atoms with van der Waals surface area (Å²) in [5.74, 6) is 0.620. The lowest BCUT2D eigenvalue weighted by atomic mass is 9.77. The molecule has 0 bridgehead atoms. The number of benzene rings is 1. The highest BCUT2D eigenvalue weighted by Crippen LogP contribution is 2.38. The van der Waals surface area contributed by atoms with E-state index in [9.17, 15) is 4.79 Å². The van der Waals surface area contributed by atoms with E-state index in [1.807, 2.05) is 24.4 Å². The van der Waals surface area contributed by atoms with Crippen molar-refractivity contribution in [2.45, 2.75) is 32.2 Å². The first-order chi connectivity index (χ1) is 8.68. The van der Waals surface area contributed by atoms with Crippen molar-refractivity contribution >= 4 is 16.8 Å². The number of carbonyl (C=O) groups excluding carboxylic acids is 1. The summed E-state index contributed by atoms with van der Waals surface area (Å²) < 4.78 is 1.71. The average Bonchev–Trinajstić information content (AvgIpc) is 2.66. The zero-order valence-electron chi connectivity index (χ0n) is 10.6. The van der Waals surface area contributed by atoms with Crippen LogP contribution in [0.25, 0.3) is 10.9 Å². The normalized spacial score (nSPS) is 17.7. The predicted molar refractivity (Wildman–Crippen MR) is 72.5 cm³/mol. The van der Waals surface area contributed by atoms with Gasteiger partial charge in [-0.1, -0.05) is 24.6 Å². The van der Waals surface area contributed by atoms with Crippen LogP contribution in [0.2, 0.25) is 0 Å². The molecule has 1 heterocycles. The summed E-state index contributed by atoms with van der Waals surface area (Å²) in [5.41, 5.74) is 8.44. The maximum absolute atomic E-state index is 11.7. The largest absolute Gasteiger partial charge is 0.324 e. The number of para-hydroxylation sites is 1. The second-order valence-corrected chi connectivity index (χ2v) is 5.21. The van der Waals surface area contributed by atoms with Gasteiger partial charge in [0, 0.05) is 24.5 Å². The molecule has 1 aliphatic carbocycles. The Balaban J connectivity index is 2.13. The van der Waals surface area contributed by atoms with E-state index in [2.05, 4.69) is 6.07 Å². The number of fused-ring (bicyclic) bond motifs is 1. The highest BCUT2D eigenvalue weighted by molar-refractivity contribution is 5.93. The number of rotatable bonds is 2. The molecule has 2 aromatic rings. The van der Waals surface area contributed by atoms with E-state index in [0.717, 1.165) is 16.5 Å². The van der Waals surface area contributed by atoms with Crippen LogP contribution in [0.5, 0.6) is 0 Å². The van der Waals surface area contributed by atoms with Crippen LogP contribution in [-0.4, -0.2) is 10.5 Å². The van der Waals surface area contributed by atoms with Gasteiger partial charge in [-0.15, -0.1) is 0 Å². The second-order valence-electron chi connectivity index (χ2n) is 5.21. The third-order valence-corrected chi connectivity index (χ3v) is 4.10. The summed E-state index contributed by atoms with van der Waals surface area (Å²) in [6, 6.07) is 8.06. The maximum Gasteiger partial charge on any atom is 0.227 e. The summed E-state index contributed by atoms with van der Waals surface area (Å²) in [5, 5.41) is 1.12. The lowest BCUT2D eigenvalue weighted by Crippen LogP contribution is -2.26. The van der Waals surface area contributed by atoms with Gasteiger partial charge in [0.2, 0.25) is 5.91 Å². The quantitative estimate of drug-likeness (QED) is 0.879. The third kappa shape index (κ3) is 1.66. The minimum Gasteiger partial charge on any atom is -0.324 e. The fourth-order valence-corrected chi connectivity index (χ4v) is 2.79. The molecule has 3 nitrogen and oxygen atoms in total. The molecule has 1 atom stereocenters. The Morgan fingerprint density at radius 2 is 2.11 bits per heavy atom. The van der Waals surface area contributed by atoms with Gasteiger partial charge in [0.1, 0.15) is 0 Å². The zero-order chi connectivity index (χ0) is 12.7. The summed E-state index contributed by atoms with van der Waals surface area (Å²) in [6.07, 6.45) is 5.63. The van der Waals surface area contributed by atoms with Gasteiger partial charge in [-0.2, -0.15) is 0 Å². The van der Waals surface area contributed by atoms with Gasteiger partial charge in [0.05, 0.1) is 5.52 Å². The van der Waals surface area contributed by atoms with Gasteiger partial charge in [-0.25, -0.2) is 0 Å². The predicted octanol–water partition coefficient (Wildman–Crippen LogP) is 3.10. The molecule has 2 N–H and O–H groups in total. The van der Waals surface area contributed by atoms with Crippen molar-refractivity contribution in [2.24, 2.45) is 11.7 Å².